The van der Waals surface area contributed by atoms with E-state index in [1.165, 1.54) is 7.11 Å². The molecule has 0 aliphatic heterocycles. The van der Waals surface area contributed by atoms with Gasteiger partial charge in [0.15, 0.2) is 0 Å². The molecule has 0 aromatic heterocycles. The number of hydrogen-bond donors (Lipinski definition) is 3. The average molecular weight is 447 g/mol. The zero-order valence-corrected chi connectivity index (χ0v) is 18.4. The molecular weight excluding hydrogens is 415 g/mol. The number of ether oxygens (including phenoxy) is 1. The van der Waals surface area contributed by atoms with E-state index in [1.54, 1.807) is 0 Å². The molecule has 0 aliphatic rings. The minimum Gasteiger partial charge on any atom is -0.467 e. The first-order valence-electron chi connectivity index (χ1n) is 9.76. The van der Waals surface area contributed by atoms with Crippen LogP contribution in [-0.2, 0) is 20.7 Å². The normalized spacial score (nSPS) is 12.9. The fourth-order valence-electron chi connectivity index (χ4n) is 2.91. The van der Waals surface area contributed by atoms with Crippen molar-refractivity contribution < 1.29 is 14.3 Å². The molecule has 1 aromatic rings. The molecule has 29 heavy (non-hydrogen) atoms. The highest BCUT2D eigenvalue weighted by molar-refractivity contribution is 6.18. The number of alkyl halides is 2. The molecule has 1 amide bonds. The Morgan fingerprint density at radius 1 is 1.14 bits per heavy atom. The molecule has 7 nitrogen and oxygen atoms in total. The predicted octanol–water partition coefficient (Wildman–Crippen LogP) is 1.63. The van der Waals surface area contributed by atoms with Crippen LogP contribution in [-0.4, -0.2) is 62.5 Å². The Hall–Kier alpha value is -1.54. The van der Waals surface area contributed by atoms with Gasteiger partial charge in [-0.25, -0.2) is 4.79 Å². The molecular formula is C20H32Cl2N4O3. The van der Waals surface area contributed by atoms with E-state index in [0.717, 1.165) is 24.1 Å². The number of nitrogens with zero attached hydrogens (tertiary/aromatic N) is 1. The van der Waals surface area contributed by atoms with E-state index in [4.69, 9.17) is 39.4 Å². The minimum absolute atomic E-state index is 0.305. The van der Waals surface area contributed by atoms with Crippen molar-refractivity contribution in [1.82, 2.24) is 5.32 Å². The van der Waals surface area contributed by atoms with Crippen molar-refractivity contribution in [1.29, 1.82) is 0 Å². The zero-order valence-electron chi connectivity index (χ0n) is 16.9. The first-order valence-corrected chi connectivity index (χ1v) is 10.8. The summed E-state index contributed by atoms with van der Waals surface area (Å²) in [6.45, 7) is 1.94. The fraction of sp³-hybridized carbons (Fsp3) is 0.600. The Morgan fingerprint density at radius 2 is 1.76 bits per heavy atom. The van der Waals surface area contributed by atoms with E-state index in [-0.39, 0.29) is 5.91 Å². The molecule has 0 aliphatic carbocycles. The smallest absolute Gasteiger partial charge is 0.328 e. The first kappa shape index (κ1) is 25.5. The number of amides is 1. The summed E-state index contributed by atoms with van der Waals surface area (Å²) in [7, 11) is 1.29. The lowest BCUT2D eigenvalue weighted by molar-refractivity contribution is -0.145. The molecule has 0 saturated carbocycles. The largest absolute Gasteiger partial charge is 0.467 e. The van der Waals surface area contributed by atoms with Gasteiger partial charge in [0.2, 0.25) is 5.91 Å². The summed E-state index contributed by atoms with van der Waals surface area (Å²) < 4.78 is 4.84. The van der Waals surface area contributed by atoms with Crippen LogP contribution in [0, 0.1) is 0 Å². The third-order valence-electron chi connectivity index (χ3n) is 4.56. The van der Waals surface area contributed by atoms with Crippen LogP contribution >= 0.6 is 23.2 Å². The molecule has 0 saturated heterocycles. The summed E-state index contributed by atoms with van der Waals surface area (Å²) in [4.78, 5) is 26.6. The van der Waals surface area contributed by atoms with Gasteiger partial charge in [0.25, 0.3) is 0 Å². The molecule has 5 N–H and O–H groups in total. The van der Waals surface area contributed by atoms with Gasteiger partial charge in [-0.05, 0) is 37.1 Å². The average Bonchev–Trinajstić information content (AvgIpc) is 2.73. The molecule has 0 unspecified atom stereocenters. The monoisotopic (exact) mass is 446 g/mol. The number of esters is 1. The molecule has 0 fully saturated rings. The van der Waals surface area contributed by atoms with Crippen molar-refractivity contribution in [2.75, 3.05) is 43.4 Å². The Morgan fingerprint density at radius 3 is 2.28 bits per heavy atom. The Balaban J connectivity index is 2.77. The Bertz CT molecular complexity index is 610. The highest BCUT2D eigenvalue weighted by Gasteiger charge is 2.24. The number of unbranched alkanes of at least 4 members (excludes halogenated alkanes) is 1. The van der Waals surface area contributed by atoms with Crippen molar-refractivity contribution >= 4 is 40.8 Å². The van der Waals surface area contributed by atoms with Crippen molar-refractivity contribution in [3.8, 4) is 0 Å². The van der Waals surface area contributed by atoms with Crippen LogP contribution in [0.3, 0.4) is 0 Å². The molecule has 0 spiro atoms. The lowest BCUT2D eigenvalue weighted by Crippen LogP contribution is -2.49. The number of halogens is 2. The second-order valence-corrected chi connectivity index (χ2v) is 7.47. The van der Waals surface area contributed by atoms with Gasteiger partial charge in [-0.1, -0.05) is 18.6 Å². The molecule has 0 radical (unpaired) electrons. The highest BCUT2D eigenvalue weighted by atomic mass is 35.5. The van der Waals surface area contributed by atoms with Crippen LogP contribution in [0.5, 0.6) is 0 Å². The lowest BCUT2D eigenvalue weighted by Gasteiger charge is -2.23. The number of anilines is 1. The van der Waals surface area contributed by atoms with Gasteiger partial charge in [-0.2, -0.15) is 0 Å². The van der Waals surface area contributed by atoms with E-state index in [0.29, 0.717) is 44.2 Å². The van der Waals surface area contributed by atoms with Gasteiger partial charge in [0, 0.05) is 37.0 Å². The highest BCUT2D eigenvalue weighted by Crippen LogP contribution is 2.17. The van der Waals surface area contributed by atoms with Crippen LogP contribution < -0.4 is 21.7 Å². The molecule has 9 heteroatoms. The third kappa shape index (κ3) is 9.21. The maximum absolute atomic E-state index is 12.3. The zero-order chi connectivity index (χ0) is 21.6. The van der Waals surface area contributed by atoms with Gasteiger partial charge in [0.1, 0.15) is 6.04 Å². The number of methoxy groups -OCH3 is 1. The number of rotatable bonds is 14. The summed E-state index contributed by atoms with van der Waals surface area (Å²) in [6, 6.07) is 6.23. The van der Waals surface area contributed by atoms with Gasteiger partial charge >= 0.3 is 5.97 Å². The minimum atomic E-state index is -0.805. The molecule has 1 rings (SSSR count). The van der Waals surface area contributed by atoms with Crippen LogP contribution in [0.2, 0.25) is 0 Å². The second kappa shape index (κ2) is 14.4. The number of carbonyl (C=O) groups excluding carboxylic acids is 2. The Kier molecular flexibility index (Phi) is 12.7. The predicted molar refractivity (Wildman–Crippen MR) is 119 cm³/mol. The lowest BCUT2D eigenvalue weighted by atomic mass is 10.0. The number of carbonyl (C=O) groups is 2. The summed E-state index contributed by atoms with van der Waals surface area (Å²) in [6.07, 6.45) is 2.39. The van der Waals surface area contributed by atoms with Crippen LogP contribution in [0.25, 0.3) is 0 Å². The Labute approximate surface area is 183 Å². The number of nitrogens with one attached hydrogen (secondary N) is 1. The topological polar surface area (TPSA) is 111 Å². The van der Waals surface area contributed by atoms with Crippen LogP contribution in [0.15, 0.2) is 24.3 Å². The van der Waals surface area contributed by atoms with E-state index < -0.39 is 18.1 Å². The summed E-state index contributed by atoms with van der Waals surface area (Å²) in [5.41, 5.74) is 13.3. The van der Waals surface area contributed by atoms with Crippen LogP contribution in [0.4, 0.5) is 5.69 Å². The SMILES string of the molecule is COC(=O)[C@H](Cc1ccc(N(CCCl)CCCl)cc1)NC(=O)[C@@H](N)CCCCN. The van der Waals surface area contributed by atoms with Gasteiger partial charge < -0.3 is 26.4 Å². The second-order valence-electron chi connectivity index (χ2n) is 6.71. The number of benzene rings is 1. The fourth-order valence-corrected chi connectivity index (χ4v) is 3.31. The first-order chi connectivity index (χ1) is 14.0. The standard InChI is InChI=1S/C20H32Cl2N4O3/c1-29-20(28)18(25-19(27)17(24)4-2-3-11-23)14-15-5-7-16(8-6-15)26(12-9-21)13-10-22/h5-8,17-18H,2-4,9-14,23-24H2,1H3,(H,25,27)/t17-,18-/m0/s1. The van der Waals surface area contributed by atoms with Gasteiger partial charge in [0.05, 0.1) is 13.2 Å². The van der Waals surface area contributed by atoms with Crippen LogP contribution in [0.1, 0.15) is 24.8 Å². The van der Waals surface area contributed by atoms with Gasteiger partial charge in [-0.3, -0.25) is 4.79 Å². The summed E-state index contributed by atoms with van der Waals surface area (Å²) >= 11 is 11.7. The maximum Gasteiger partial charge on any atom is 0.328 e. The van der Waals surface area contributed by atoms with Crippen molar-refractivity contribution in [3.05, 3.63) is 29.8 Å². The van der Waals surface area contributed by atoms with Crippen molar-refractivity contribution in [2.24, 2.45) is 11.5 Å². The molecule has 0 bridgehead atoms. The molecule has 1 aromatic carbocycles. The summed E-state index contributed by atoms with van der Waals surface area (Å²) in [5.74, 6) is 0.119. The quantitative estimate of drug-likeness (QED) is 0.227. The molecule has 164 valence electrons. The van der Waals surface area contributed by atoms with Crippen molar-refractivity contribution in [3.63, 3.8) is 0 Å². The van der Waals surface area contributed by atoms with E-state index in [2.05, 4.69) is 10.2 Å². The van der Waals surface area contributed by atoms with E-state index in [9.17, 15) is 9.59 Å². The molecule has 2 atom stereocenters. The third-order valence-corrected chi connectivity index (χ3v) is 4.90. The summed E-state index contributed by atoms with van der Waals surface area (Å²) in [5, 5.41) is 2.71. The van der Waals surface area contributed by atoms with E-state index in [1.807, 2.05) is 24.3 Å². The number of hydrogen-bond acceptors (Lipinski definition) is 6. The number of nitrogens with two attached hydrogens (primary N) is 2. The van der Waals surface area contributed by atoms with Crippen molar-refractivity contribution in [2.45, 2.75) is 37.8 Å². The molecule has 0 heterocycles. The maximum atomic E-state index is 12.3. The van der Waals surface area contributed by atoms with Gasteiger partial charge in [-0.15, -0.1) is 23.2 Å². The van der Waals surface area contributed by atoms with E-state index >= 15 is 0 Å².